The first-order chi connectivity index (χ1) is 10.1. The molecule has 2 aromatic heterocycles. The van der Waals surface area contributed by atoms with Crippen LogP contribution in [0.5, 0.6) is 0 Å². The minimum atomic E-state index is -0.288. The van der Waals surface area contributed by atoms with Gasteiger partial charge in [0.25, 0.3) is 0 Å². The molecule has 0 aromatic carbocycles. The van der Waals surface area contributed by atoms with E-state index in [1.54, 1.807) is 18.5 Å². The molecule has 1 atom stereocenters. The van der Waals surface area contributed by atoms with Crippen molar-refractivity contribution in [3.8, 4) is 0 Å². The van der Waals surface area contributed by atoms with Crippen LogP contribution in [0.2, 0.25) is 5.02 Å². The molecule has 2 aromatic rings. The summed E-state index contributed by atoms with van der Waals surface area (Å²) < 4.78 is 2.04. The molecule has 0 bridgehead atoms. The topological polar surface area (TPSA) is 72.7 Å². The Morgan fingerprint density at radius 2 is 2.33 bits per heavy atom. The highest BCUT2D eigenvalue weighted by molar-refractivity contribution is 8.00. The molecule has 1 amide bonds. The molecule has 1 aliphatic rings. The fourth-order valence-corrected chi connectivity index (χ4v) is 2.81. The second kappa shape index (κ2) is 6.03. The first-order valence-corrected chi connectivity index (χ1v) is 7.88. The van der Waals surface area contributed by atoms with E-state index in [4.69, 9.17) is 11.6 Å². The van der Waals surface area contributed by atoms with E-state index in [-0.39, 0.29) is 11.2 Å². The summed E-state index contributed by atoms with van der Waals surface area (Å²) in [5, 5.41) is 11.8. The summed E-state index contributed by atoms with van der Waals surface area (Å²) in [5.74, 6) is 0.362. The minimum Gasteiger partial charge on any atom is -0.310 e. The van der Waals surface area contributed by atoms with Crippen LogP contribution in [0.1, 0.15) is 25.8 Å². The number of nitrogens with zero attached hydrogens (tertiary/aromatic N) is 4. The molecule has 1 saturated carbocycles. The lowest BCUT2D eigenvalue weighted by Gasteiger charge is -2.11. The van der Waals surface area contributed by atoms with Crippen LogP contribution in [-0.2, 0) is 4.79 Å². The molecule has 0 saturated heterocycles. The standard InChI is InChI=1S/C13H14ClN5OS/c1-8(12(20)17-11-5-2-9(14)6-15-11)21-13-18-16-7-19(13)10-3-4-10/h2,5-8,10H,3-4H2,1H3,(H,15,17,20). The molecule has 8 heteroatoms. The number of halogens is 1. The number of hydrogen-bond acceptors (Lipinski definition) is 5. The molecule has 1 aliphatic carbocycles. The van der Waals surface area contributed by atoms with E-state index in [0.717, 1.165) is 18.0 Å². The van der Waals surface area contributed by atoms with Crippen molar-refractivity contribution in [3.63, 3.8) is 0 Å². The minimum absolute atomic E-state index is 0.125. The van der Waals surface area contributed by atoms with E-state index in [2.05, 4.69) is 20.5 Å². The highest BCUT2D eigenvalue weighted by Crippen LogP contribution is 2.38. The molecule has 0 radical (unpaired) electrons. The molecule has 0 spiro atoms. The van der Waals surface area contributed by atoms with Gasteiger partial charge in [-0.1, -0.05) is 23.4 Å². The van der Waals surface area contributed by atoms with Gasteiger partial charge in [0.05, 0.1) is 10.3 Å². The monoisotopic (exact) mass is 323 g/mol. The number of thioether (sulfide) groups is 1. The van der Waals surface area contributed by atoms with Crippen molar-refractivity contribution in [3.05, 3.63) is 29.7 Å². The Labute approximate surface area is 131 Å². The highest BCUT2D eigenvalue weighted by atomic mass is 35.5. The number of carbonyl (C=O) groups excluding carboxylic acids is 1. The van der Waals surface area contributed by atoms with E-state index in [9.17, 15) is 4.79 Å². The summed E-state index contributed by atoms with van der Waals surface area (Å²) in [6.45, 7) is 1.84. The summed E-state index contributed by atoms with van der Waals surface area (Å²) >= 11 is 7.16. The molecular formula is C13H14ClN5OS. The van der Waals surface area contributed by atoms with Crippen LogP contribution in [-0.4, -0.2) is 30.9 Å². The number of amides is 1. The van der Waals surface area contributed by atoms with Gasteiger partial charge in [-0.3, -0.25) is 4.79 Å². The maximum Gasteiger partial charge on any atom is 0.238 e. The molecule has 0 aliphatic heterocycles. The van der Waals surface area contributed by atoms with E-state index in [1.807, 2.05) is 11.5 Å². The fourth-order valence-electron chi connectivity index (χ4n) is 1.81. The van der Waals surface area contributed by atoms with Gasteiger partial charge in [0.15, 0.2) is 5.16 Å². The molecular weight excluding hydrogens is 310 g/mol. The van der Waals surface area contributed by atoms with Crippen LogP contribution in [0.4, 0.5) is 5.82 Å². The van der Waals surface area contributed by atoms with Gasteiger partial charge in [-0.2, -0.15) is 0 Å². The summed E-state index contributed by atoms with van der Waals surface area (Å²) in [7, 11) is 0. The molecule has 1 N–H and O–H groups in total. The van der Waals surface area contributed by atoms with E-state index < -0.39 is 0 Å². The second-order valence-electron chi connectivity index (χ2n) is 4.86. The van der Waals surface area contributed by atoms with Gasteiger partial charge in [-0.15, -0.1) is 10.2 Å². The van der Waals surface area contributed by atoms with Crippen molar-refractivity contribution < 1.29 is 4.79 Å². The van der Waals surface area contributed by atoms with Gasteiger partial charge < -0.3 is 9.88 Å². The summed E-state index contributed by atoms with van der Waals surface area (Å²) in [6.07, 6.45) is 5.53. The van der Waals surface area contributed by atoms with Gasteiger partial charge in [-0.25, -0.2) is 4.98 Å². The Morgan fingerprint density at radius 1 is 1.52 bits per heavy atom. The van der Waals surface area contributed by atoms with Crippen LogP contribution < -0.4 is 5.32 Å². The number of aromatic nitrogens is 4. The second-order valence-corrected chi connectivity index (χ2v) is 6.61. The predicted octanol–water partition coefficient (Wildman–Crippen LogP) is 2.78. The third-order valence-corrected chi connectivity index (χ3v) is 4.41. The fraction of sp³-hybridized carbons (Fsp3) is 0.385. The average Bonchev–Trinajstić information content (AvgIpc) is 3.21. The van der Waals surface area contributed by atoms with Crippen molar-refractivity contribution in [2.24, 2.45) is 0 Å². The van der Waals surface area contributed by atoms with Crippen LogP contribution >= 0.6 is 23.4 Å². The number of anilines is 1. The molecule has 110 valence electrons. The zero-order chi connectivity index (χ0) is 14.8. The van der Waals surface area contributed by atoms with Gasteiger partial charge >= 0.3 is 0 Å². The Hall–Kier alpha value is -1.60. The number of pyridine rings is 1. The third-order valence-electron chi connectivity index (χ3n) is 3.11. The third kappa shape index (κ3) is 3.54. The van der Waals surface area contributed by atoms with Crippen LogP contribution in [0.3, 0.4) is 0 Å². The van der Waals surface area contributed by atoms with E-state index in [1.165, 1.54) is 18.0 Å². The number of carbonyl (C=O) groups is 1. The van der Waals surface area contributed by atoms with Crippen LogP contribution in [0.15, 0.2) is 29.8 Å². The van der Waals surface area contributed by atoms with Crippen molar-refractivity contribution in [1.29, 1.82) is 0 Å². The quantitative estimate of drug-likeness (QED) is 0.856. The van der Waals surface area contributed by atoms with Crippen molar-refractivity contribution in [1.82, 2.24) is 19.7 Å². The first-order valence-electron chi connectivity index (χ1n) is 6.62. The van der Waals surface area contributed by atoms with Crippen molar-refractivity contribution in [2.75, 3.05) is 5.32 Å². The van der Waals surface area contributed by atoms with Gasteiger partial charge in [0, 0.05) is 12.2 Å². The summed E-state index contributed by atoms with van der Waals surface area (Å²) in [4.78, 5) is 16.2. The molecule has 1 fully saturated rings. The van der Waals surface area contributed by atoms with Crippen molar-refractivity contribution >= 4 is 35.1 Å². The maximum atomic E-state index is 12.2. The predicted molar refractivity (Wildman–Crippen MR) is 81.5 cm³/mol. The van der Waals surface area contributed by atoms with Crippen LogP contribution in [0.25, 0.3) is 0 Å². The molecule has 2 heterocycles. The smallest absolute Gasteiger partial charge is 0.238 e. The zero-order valence-corrected chi connectivity index (χ0v) is 12.9. The summed E-state index contributed by atoms with van der Waals surface area (Å²) in [6, 6.07) is 3.85. The first kappa shape index (κ1) is 14.3. The lowest BCUT2D eigenvalue weighted by molar-refractivity contribution is -0.115. The Balaban J connectivity index is 1.61. The van der Waals surface area contributed by atoms with Gasteiger partial charge in [-0.05, 0) is 31.9 Å². The van der Waals surface area contributed by atoms with E-state index >= 15 is 0 Å². The zero-order valence-electron chi connectivity index (χ0n) is 11.4. The normalized spacial score (nSPS) is 15.7. The number of rotatable bonds is 5. The molecule has 1 unspecified atom stereocenters. The van der Waals surface area contributed by atoms with Gasteiger partial charge in [0.1, 0.15) is 12.1 Å². The lowest BCUT2D eigenvalue weighted by Crippen LogP contribution is -2.23. The largest absolute Gasteiger partial charge is 0.310 e. The summed E-state index contributed by atoms with van der Waals surface area (Å²) in [5.41, 5.74) is 0. The SMILES string of the molecule is CC(Sc1nncn1C1CC1)C(=O)Nc1ccc(Cl)cn1. The molecule has 3 rings (SSSR count). The Morgan fingerprint density at radius 3 is 3.00 bits per heavy atom. The lowest BCUT2D eigenvalue weighted by atomic mass is 10.4. The van der Waals surface area contributed by atoms with Gasteiger partial charge in [0.2, 0.25) is 5.91 Å². The maximum absolute atomic E-state index is 12.2. The Bertz CT molecular complexity index is 640. The average molecular weight is 324 g/mol. The molecule has 21 heavy (non-hydrogen) atoms. The van der Waals surface area contributed by atoms with Crippen molar-refractivity contribution in [2.45, 2.75) is 36.2 Å². The van der Waals surface area contributed by atoms with Crippen LogP contribution in [0, 0.1) is 0 Å². The molecule has 6 nitrogen and oxygen atoms in total. The Kier molecular flexibility index (Phi) is 4.12. The highest BCUT2D eigenvalue weighted by Gasteiger charge is 2.28. The number of hydrogen-bond donors (Lipinski definition) is 1. The number of nitrogens with one attached hydrogen (secondary N) is 1. The van der Waals surface area contributed by atoms with E-state index in [0.29, 0.717) is 16.9 Å².